The number of hydrogen-bond acceptors (Lipinski definition) is 4. The Hall–Kier alpha value is -1.89. The molecule has 3 rings (SSSR count). The van der Waals surface area contributed by atoms with Crippen molar-refractivity contribution in [3.05, 3.63) is 18.2 Å². The van der Waals surface area contributed by atoms with Crippen LogP contribution in [-0.2, 0) is 16.1 Å². The van der Waals surface area contributed by atoms with E-state index in [9.17, 15) is 9.59 Å². The molecule has 0 radical (unpaired) electrons. The molecule has 1 saturated carbocycles. The van der Waals surface area contributed by atoms with Gasteiger partial charge in [0, 0.05) is 51.7 Å². The van der Waals surface area contributed by atoms with Crippen molar-refractivity contribution in [2.45, 2.75) is 45.7 Å². The van der Waals surface area contributed by atoms with Crippen molar-refractivity contribution in [1.82, 2.24) is 24.7 Å². The predicted molar refractivity (Wildman–Crippen MR) is 94.8 cm³/mol. The molecule has 0 aromatic carbocycles. The first-order chi connectivity index (χ1) is 12.0. The Kier molecular flexibility index (Phi) is 5.13. The zero-order chi connectivity index (χ0) is 18.0. The van der Waals surface area contributed by atoms with Gasteiger partial charge in [0.1, 0.15) is 11.2 Å². The molecule has 1 saturated heterocycles. The molecule has 2 fully saturated rings. The summed E-state index contributed by atoms with van der Waals surface area (Å²) in [7, 11) is 1.61. The first kappa shape index (κ1) is 17.9. The second-order valence-electron chi connectivity index (χ2n) is 7.43. The van der Waals surface area contributed by atoms with E-state index in [1.165, 1.54) is 0 Å². The summed E-state index contributed by atoms with van der Waals surface area (Å²) in [5.74, 6) is 0.953. The Morgan fingerprint density at radius 3 is 2.64 bits per heavy atom. The summed E-state index contributed by atoms with van der Waals surface area (Å²) < 4.78 is 2.19. The molecule has 0 bridgehead atoms. The number of aromatic nitrogens is 2. The largest absolute Gasteiger partial charge is 0.358 e. The molecule has 25 heavy (non-hydrogen) atoms. The minimum absolute atomic E-state index is 0.0115. The van der Waals surface area contributed by atoms with Crippen molar-refractivity contribution < 1.29 is 9.59 Å². The van der Waals surface area contributed by atoms with Crippen LogP contribution in [0.15, 0.2) is 12.4 Å². The third-order valence-electron chi connectivity index (χ3n) is 5.37. The smallest absolute Gasteiger partial charge is 0.238 e. The molecule has 1 N–H and O–H groups in total. The lowest BCUT2D eigenvalue weighted by Crippen LogP contribution is -2.45. The molecule has 0 spiro atoms. The molecule has 1 aliphatic heterocycles. The summed E-state index contributed by atoms with van der Waals surface area (Å²) in [6.45, 7) is 8.28. The van der Waals surface area contributed by atoms with Gasteiger partial charge in [-0.25, -0.2) is 4.98 Å². The summed E-state index contributed by atoms with van der Waals surface area (Å²) in [5.41, 5.74) is -0.780. The molecular weight excluding hydrogens is 318 g/mol. The topological polar surface area (TPSA) is 70.5 Å². The average Bonchev–Trinajstić information content (AvgIpc) is 3.33. The molecule has 1 aromatic heterocycles. The Morgan fingerprint density at radius 2 is 2.00 bits per heavy atom. The van der Waals surface area contributed by atoms with Crippen LogP contribution in [-0.4, -0.2) is 64.4 Å². The lowest BCUT2D eigenvalue weighted by atomic mass is 10.0. The number of amides is 2. The highest BCUT2D eigenvalue weighted by molar-refractivity contribution is 6.07. The zero-order valence-electron chi connectivity index (χ0n) is 15.5. The highest BCUT2D eigenvalue weighted by Crippen LogP contribution is 2.47. The van der Waals surface area contributed by atoms with E-state index in [2.05, 4.69) is 33.6 Å². The van der Waals surface area contributed by atoms with E-state index in [1.54, 1.807) is 7.05 Å². The SMILES string of the molecule is CNC(=O)C1(C(=O)N2CCCN(Cc3nccn3C(C)C)CC2)CC1. The van der Waals surface area contributed by atoms with E-state index in [1.807, 2.05) is 17.3 Å². The van der Waals surface area contributed by atoms with Crippen LogP contribution in [0, 0.1) is 5.41 Å². The predicted octanol–water partition coefficient (Wildman–Crippen LogP) is 1.02. The monoisotopic (exact) mass is 347 g/mol. The summed E-state index contributed by atoms with van der Waals surface area (Å²) in [5, 5.41) is 2.65. The van der Waals surface area contributed by atoms with Gasteiger partial charge < -0.3 is 14.8 Å². The first-order valence-electron chi connectivity index (χ1n) is 9.23. The standard InChI is InChI=1S/C18H29N5O2/c1-14(2)23-10-7-20-15(23)13-21-8-4-9-22(12-11-21)17(25)18(5-6-18)16(24)19-3/h7,10,14H,4-6,8-9,11-13H2,1-3H3,(H,19,24). The van der Waals surface area contributed by atoms with Crippen LogP contribution in [0.1, 0.15) is 45.0 Å². The molecule has 7 nitrogen and oxygen atoms in total. The number of carbonyl (C=O) groups is 2. The maximum atomic E-state index is 12.8. The van der Waals surface area contributed by atoms with Crippen LogP contribution in [0.25, 0.3) is 0 Å². The Morgan fingerprint density at radius 1 is 1.24 bits per heavy atom. The van der Waals surface area contributed by atoms with E-state index in [-0.39, 0.29) is 11.8 Å². The molecule has 0 atom stereocenters. The molecule has 0 unspecified atom stereocenters. The van der Waals surface area contributed by atoms with Crippen molar-refractivity contribution in [1.29, 1.82) is 0 Å². The van der Waals surface area contributed by atoms with Crippen LogP contribution < -0.4 is 5.32 Å². The van der Waals surface area contributed by atoms with Gasteiger partial charge in [-0.2, -0.15) is 0 Å². The molecular formula is C18H29N5O2. The van der Waals surface area contributed by atoms with Gasteiger partial charge in [0.25, 0.3) is 0 Å². The Balaban J connectivity index is 1.60. The van der Waals surface area contributed by atoms with Crippen molar-refractivity contribution in [2.24, 2.45) is 5.41 Å². The van der Waals surface area contributed by atoms with E-state index in [4.69, 9.17) is 0 Å². The first-order valence-corrected chi connectivity index (χ1v) is 9.23. The van der Waals surface area contributed by atoms with E-state index < -0.39 is 5.41 Å². The lowest BCUT2D eigenvalue weighted by Gasteiger charge is -2.25. The highest BCUT2D eigenvalue weighted by atomic mass is 16.2. The molecule has 1 aromatic rings. The second kappa shape index (κ2) is 7.15. The van der Waals surface area contributed by atoms with Crippen LogP contribution in [0.3, 0.4) is 0 Å². The maximum Gasteiger partial charge on any atom is 0.238 e. The van der Waals surface area contributed by atoms with Crippen LogP contribution >= 0.6 is 0 Å². The van der Waals surface area contributed by atoms with Gasteiger partial charge in [-0.1, -0.05) is 0 Å². The van der Waals surface area contributed by atoms with Crippen molar-refractivity contribution in [2.75, 3.05) is 33.2 Å². The number of imidazole rings is 1. The second-order valence-corrected chi connectivity index (χ2v) is 7.43. The third kappa shape index (κ3) is 3.56. The van der Waals surface area contributed by atoms with Gasteiger partial charge in [-0.05, 0) is 33.1 Å². The van der Waals surface area contributed by atoms with Crippen LogP contribution in [0.5, 0.6) is 0 Å². The van der Waals surface area contributed by atoms with Crippen molar-refractivity contribution in [3.8, 4) is 0 Å². The minimum atomic E-state index is -0.780. The van der Waals surface area contributed by atoms with E-state index in [0.717, 1.165) is 38.4 Å². The lowest BCUT2D eigenvalue weighted by molar-refractivity contribution is -0.144. The van der Waals surface area contributed by atoms with Gasteiger partial charge in [0.05, 0.1) is 6.54 Å². The van der Waals surface area contributed by atoms with Gasteiger partial charge in [0.15, 0.2) is 0 Å². The fraction of sp³-hybridized carbons (Fsp3) is 0.722. The number of carbonyl (C=O) groups excluding carboxylic acids is 2. The van der Waals surface area contributed by atoms with E-state index in [0.29, 0.717) is 25.4 Å². The number of hydrogen-bond donors (Lipinski definition) is 1. The van der Waals surface area contributed by atoms with Crippen molar-refractivity contribution in [3.63, 3.8) is 0 Å². The number of nitrogens with zero attached hydrogens (tertiary/aromatic N) is 4. The molecule has 1 aliphatic carbocycles. The number of rotatable bonds is 5. The molecule has 2 aliphatic rings. The summed E-state index contributed by atoms with van der Waals surface area (Å²) in [4.78, 5) is 33.6. The van der Waals surface area contributed by atoms with Crippen molar-refractivity contribution >= 4 is 11.8 Å². The molecule has 2 heterocycles. The fourth-order valence-electron chi connectivity index (χ4n) is 3.67. The summed E-state index contributed by atoms with van der Waals surface area (Å²) in [6.07, 6.45) is 6.16. The fourth-order valence-corrected chi connectivity index (χ4v) is 3.67. The zero-order valence-corrected chi connectivity index (χ0v) is 15.5. The normalized spacial score (nSPS) is 20.4. The molecule has 7 heteroatoms. The Labute approximate surface area is 149 Å². The van der Waals surface area contributed by atoms with Gasteiger partial charge >= 0.3 is 0 Å². The van der Waals surface area contributed by atoms with E-state index >= 15 is 0 Å². The van der Waals surface area contributed by atoms with Crippen LogP contribution in [0.2, 0.25) is 0 Å². The number of nitrogens with one attached hydrogen (secondary N) is 1. The average molecular weight is 347 g/mol. The third-order valence-corrected chi connectivity index (χ3v) is 5.37. The minimum Gasteiger partial charge on any atom is -0.358 e. The molecule has 138 valence electrons. The summed E-state index contributed by atoms with van der Waals surface area (Å²) in [6, 6.07) is 0.393. The molecule has 2 amide bonds. The Bertz CT molecular complexity index is 635. The van der Waals surface area contributed by atoms with Gasteiger partial charge in [0.2, 0.25) is 11.8 Å². The van der Waals surface area contributed by atoms with Gasteiger partial charge in [-0.15, -0.1) is 0 Å². The maximum absolute atomic E-state index is 12.8. The highest BCUT2D eigenvalue weighted by Gasteiger charge is 2.57. The summed E-state index contributed by atoms with van der Waals surface area (Å²) >= 11 is 0. The quantitative estimate of drug-likeness (QED) is 0.808. The van der Waals surface area contributed by atoms with Crippen LogP contribution in [0.4, 0.5) is 0 Å². The van der Waals surface area contributed by atoms with Gasteiger partial charge in [-0.3, -0.25) is 14.5 Å².